The highest BCUT2D eigenvalue weighted by atomic mass is 16.1. The molecule has 0 aliphatic rings. The van der Waals surface area contributed by atoms with Gasteiger partial charge in [0.05, 0.1) is 23.3 Å². The molecule has 0 bridgehead atoms. The Kier molecular flexibility index (Phi) is 4.71. The lowest BCUT2D eigenvalue weighted by atomic mass is 10.2. The van der Waals surface area contributed by atoms with E-state index in [4.69, 9.17) is 0 Å². The van der Waals surface area contributed by atoms with E-state index in [1.165, 1.54) is 6.08 Å². The van der Waals surface area contributed by atoms with Gasteiger partial charge in [0.2, 0.25) is 5.91 Å². The standard InChI is InChI=1S/C19H22N6O/c1-12-10-13(2)25(22-12)18-8-6-16(11-20-18)21-19(26)9-7-17-14(3)23-24(5)15(17)4/h6-11H,1-5H3,(H,21,26)/b9-7+. The second-order valence-corrected chi connectivity index (χ2v) is 6.27. The first-order valence-corrected chi connectivity index (χ1v) is 8.34. The van der Waals surface area contributed by atoms with Gasteiger partial charge in [-0.25, -0.2) is 9.67 Å². The predicted octanol–water partition coefficient (Wildman–Crippen LogP) is 2.89. The summed E-state index contributed by atoms with van der Waals surface area (Å²) in [6.45, 7) is 7.81. The number of nitrogens with one attached hydrogen (secondary N) is 1. The number of hydrogen-bond acceptors (Lipinski definition) is 4. The molecular weight excluding hydrogens is 328 g/mol. The monoisotopic (exact) mass is 350 g/mol. The van der Waals surface area contributed by atoms with E-state index < -0.39 is 0 Å². The molecule has 3 heterocycles. The Labute approximate surface area is 152 Å². The van der Waals surface area contributed by atoms with Gasteiger partial charge < -0.3 is 5.32 Å². The minimum atomic E-state index is -0.215. The number of aromatic nitrogens is 5. The van der Waals surface area contributed by atoms with Crippen LogP contribution in [0, 0.1) is 27.7 Å². The SMILES string of the molecule is Cc1cc(C)n(-c2ccc(NC(=O)/C=C/c3c(C)nn(C)c3C)cn2)n1. The number of rotatable bonds is 4. The maximum Gasteiger partial charge on any atom is 0.248 e. The van der Waals surface area contributed by atoms with Gasteiger partial charge in [-0.2, -0.15) is 10.2 Å². The van der Waals surface area contributed by atoms with Gasteiger partial charge in [-0.15, -0.1) is 0 Å². The zero-order valence-electron chi connectivity index (χ0n) is 15.6. The molecule has 0 unspecified atom stereocenters. The number of nitrogens with zero attached hydrogens (tertiary/aromatic N) is 5. The number of anilines is 1. The fraction of sp³-hybridized carbons (Fsp3) is 0.263. The zero-order chi connectivity index (χ0) is 18.8. The van der Waals surface area contributed by atoms with Crippen molar-refractivity contribution in [2.24, 2.45) is 7.05 Å². The van der Waals surface area contributed by atoms with Crippen molar-refractivity contribution < 1.29 is 4.79 Å². The van der Waals surface area contributed by atoms with Crippen LogP contribution in [-0.4, -0.2) is 30.5 Å². The summed E-state index contributed by atoms with van der Waals surface area (Å²) in [4.78, 5) is 16.5. The van der Waals surface area contributed by atoms with Gasteiger partial charge in [0.1, 0.15) is 0 Å². The van der Waals surface area contributed by atoms with Gasteiger partial charge in [-0.05, 0) is 52.0 Å². The van der Waals surface area contributed by atoms with E-state index in [1.54, 1.807) is 21.6 Å². The van der Waals surface area contributed by atoms with Crippen molar-refractivity contribution in [2.75, 3.05) is 5.32 Å². The lowest BCUT2D eigenvalue weighted by Gasteiger charge is -2.05. The first-order chi connectivity index (χ1) is 12.3. The molecule has 7 heteroatoms. The molecule has 3 aromatic rings. The first-order valence-electron chi connectivity index (χ1n) is 8.34. The average molecular weight is 350 g/mol. The zero-order valence-corrected chi connectivity index (χ0v) is 15.6. The number of amides is 1. The quantitative estimate of drug-likeness (QED) is 0.734. The molecule has 0 aromatic carbocycles. The molecule has 134 valence electrons. The van der Waals surface area contributed by atoms with Gasteiger partial charge >= 0.3 is 0 Å². The van der Waals surface area contributed by atoms with Crippen molar-refractivity contribution in [3.05, 3.63) is 58.8 Å². The minimum Gasteiger partial charge on any atom is -0.321 e. The van der Waals surface area contributed by atoms with Crippen LogP contribution in [0.2, 0.25) is 0 Å². The second kappa shape index (κ2) is 6.95. The molecule has 1 amide bonds. The molecule has 0 radical (unpaired) electrons. The van der Waals surface area contributed by atoms with Crippen LogP contribution in [0.3, 0.4) is 0 Å². The summed E-state index contributed by atoms with van der Waals surface area (Å²) in [6.07, 6.45) is 4.91. The van der Waals surface area contributed by atoms with Crippen molar-refractivity contribution >= 4 is 17.7 Å². The van der Waals surface area contributed by atoms with Gasteiger partial charge in [0, 0.05) is 30.1 Å². The molecule has 1 N–H and O–H groups in total. The van der Waals surface area contributed by atoms with Gasteiger partial charge in [0.15, 0.2) is 5.82 Å². The number of pyridine rings is 1. The maximum absolute atomic E-state index is 12.2. The highest BCUT2D eigenvalue weighted by Gasteiger charge is 2.08. The molecule has 26 heavy (non-hydrogen) atoms. The lowest BCUT2D eigenvalue weighted by molar-refractivity contribution is -0.111. The van der Waals surface area contributed by atoms with E-state index in [9.17, 15) is 4.79 Å². The average Bonchev–Trinajstić information content (AvgIpc) is 3.05. The van der Waals surface area contributed by atoms with Crippen LogP contribution < -0.4 is 5.32 Å². The van der Waals surface area contributed by atoms with Crippen molar-refractivity contribution in [1.29, 1.82) is 0 Å². The van der Waals surface area contributed by atoms with Crippen molar-refractivity contribution in [1.82, 2.24) is 24.5 Å². The topological polar surface area (TPSA) is 77.6 Å². The summed E-state index contributed by atoms with van der Waals surface area (Å²) >= 11 is 0. The van der Waals surface area contributed by atoms with Crippen LogP contribution in [0.25, 0.3) is 11.9 Å². The van der Waals surface area contributed by atoms with Crippen molar-refractivity contribution in [3.63, 3.8) is 0 Å². The summed E-state index contributed by atoms with van der Waals surface area (Å²) in [5.41, 5.74) is 5.45. The fourth-order valence-corrected chi connectivity index (χ4v) is 2.82. The Balaban J connectivity index is 1.70. The first kappa shape index (κ1) is 17.6. The highest BCUT2D eigenvalue weighted by molar-refractivity contribution is 6.02. The molecule has 0 aliphatic heterocycles. The van der Waals surface area contributed by atoms with Crippen molar-refractivity contribution in [3.8, 4) is 5.82 Å². The van der Waals surface area contributed by atoms with Gasteiger partial charge in [0.25, 0.3) is 0 Å². The van der Waals surface area contributed by atoms with Gasteiger partial charge in [-0.3, -0.25) is 9.48 Å². The van der Waals surface area contributed by atoms with Crippen LogP contribution in [0.1, 0.15) is 28.3 Å². The minimum absolute atomic E-state index is 0.215. The third-order valence-corrected chi connectivity index (χ3v) is 4.21. The van der Waals surface area contributed by atoms with Crippen LogP contribution in [-0.2, 0) is 11.8 Å². The number of aryl methyl sites for hydroxylation is 4. The molecule has 0 saturated heterocycles. The number of carbonyl (C=O) groups is 1. The molecule has 0 atom stereocenters. The molecule has 3 rings (SSSR count). The molecule has 0 aliphatic carbocycles. The fourth-order valence-electron chi connectivity index (χ4n) is 2.82. The van der Waals surface area contributed by atoms with Crippen LogP contribution in [0.4, 0.5) is 5.69 Å². The van der Waals surface area contributed by atoms with Gasteiger partial charge in [-0.1, -0.05) is 0 Å². The van der Waals surface area contributed by atoms with E-state index in [0.717, 1.165) is 28.3 Å². The molecule has 3 aromatic heterocycles. The Bertz CT molecular complexity index is 978. The normalized spacial score (nSPS) is 11.3. The summed E-state index contributed by atoms with van der Waals surface area (Å²) in [6, 6.07) is 5.63. The van der Waals surface area contributed by atoms with E-state index in [0.29, 0.717) is 11.5 Å². The summed E-state index contributed by atoms with van der Waals surface area (Å²) in [5, 5.41) is 11.5. The summed E-state index contributed by atoms with van der Waals surface area (Å²) in [7, 11) is 1.88. The predicted molar refractivity (Wildman–Crippen MR) is 101 cm³/mol. The summed E-state index contributed by atoms with van der Waals surface area (Å²) < 4.78 is 3.57. The molecular formula is C19H22N6O. The number of carbonyl (C=O) groups excluding carboxylic acids is 1. The van der Waals surface area contributed by atoms with Crippen LogP contribution in [0.5, 0.6) is 0 Å². The maximum atomic E-state index is 12.2. The van der Waals surface area contributed by atoms with E-state index >= 15 is 0 Å². The smallest absolute Gasteiger partial charge is 0.248 e. The molecule has 0 spiro atoms. The van der Waals surface area contributed by atoms with E-state index in [-0.39, 0.29) is 5.91 Å². The van der Waals surface area contributed by atoms with Crippen molar-refractivity contribution in [2.45, 2.75) is 27.7 Å². The third kappa shape index (κ3) is 3.56. The molecule has 0 fully saturated rings. The highest BCUT2D eigenvalue weighted by Crippen LogP contribution is 2.15. The van der Waals surface area contributed by atoms with Crippen LogP contribution in [0.15, 0.2) is 30.5 Å². The third-order valence-electron chi connectivity index (χ3n) is 4.21. The second-order valence-electron chi connectivity index (χ2n) is 6.27. The molecule has 0 saturated carbocycles. The van der Waals surface area contributed by atoms with E-state index in [2.05, 4.69) is 20.5 Å². The Morgan fingerprint density at radius 2 is 1.92 bits per heavy atom. The molecule has 7 nitrogen and oxygen atoms in total. The lowest BCUT2D eigenvalue weighted by Crippen LogP contribution is -2.09. The van der Waals surface area contributed by atoms with E-state index in [1.807, 2.05) is 52.9 Å². The number of hydrogen-bond donors (Lipinski definition) is 1. The Hall–Kier alpha value is -3.22. The summed E-state index contributed by atoms with van der Waals surface area (Å²) in [5.74, 6) is 0.499. The largest absolute Gasteiger partial charge is 0.321 e. The van der Waals surface area contributed by atoms with Crippen LogP contribution >= 0.6 is 0 Å². The Morgan fingerprint density at radius 3 is 2.46 bits per heavy atom. The Morgan fingerprint density at radius 1 is 1.15 bits per heavy atom.